The molecule has 3 rings (SSSR count). The summed E-state index contributed by atoms with van der Waals surface area (Å²) >= 11 is 0. The Balaban J connectivity index is 2.12. The van der Waals surface area contributed by atoms with Gasteiger partial charge in [-0.25, -0.2) is 0 Å². The molecule has 0 unspecified atom stereocenters. The molecule has 0 aromatic heterocycles. The van der Waals surface area contributed by atoms with Crippen molar-refractivity contribution in [2.24, 2.45) is 0 Å². The SMILES string of the molecule is Cc1cc(-c2cc(C)c3c(c2)CC(=O)N3)ccc1N. The van der Waals surface area contributed by atoms with Crippen molar-refractivity contribution in [3.63, 3.8) is 0 Å². The van der Waals surface area contributed by atoms with Gasteiger partial charge in [0.15, 0.2) is 0 Å². The van der Waals surface area contributed by atoms with E-state index in [4.69, 9.17) is 5.73 Å². The van der Waals surface area contributed by atoms with Gasteiger partial charge < -0.3 is 11.1 Å². The van der Waals surface area contributed by atoms with Crippen molar-refractivity contribution in [2.45, 2.75) is 20.3 Å². The number of fused-ring (bicyclic) bond motifs is 1. The fourth-order valence-corrected chi connectivity index (χ4v) is 2.56. The second-order valence-corrected chi connectivity index (χ2v) is 5.12. The molecule has 0 bridgehead atoms. The van der Waals surface area contributed by atoms with Gasteiger partial charge in [-0.15, -0.1) is 0 Å². The number of amides is 1. The monoisotopic (exact) mass is 252 g/mol. The second kappa shape index (κ2) is 4.12. The van der Waals surface area contributed by atoms with Gasteiger partial charge in [0.1, 0.15) is 0 Å². The van der Waals surface area contributed by atoms with Crippen LogP contribution < -0.4 is 11.1 Å². The third-order valence-electron chi connectivity index (χ3n) is 3.64. The van der Waals surface area contributed by atoms with E-state index in [1.807, 2.05) is 26.0 Å². The maximum absolute atomic E-state index is 11.5. The van der Waals surface area contributed by atoms with Gasteiger partial charge in [-0.2, -0.15) is 0 Å². The minimum Gasteiger partial charge on any atom is -0.399 e. The topological polar surface area (TPSA) is 55.1 Å². The maximum Gasteiger partial charge on any atom is 0.228 e. The molecule has 1 aliphatic heterocycles. The number of hydrogen-bond donors (Lipinski definition) is 2. The highest BCUT2D eigenvalue weighted by atomic mass is 16.1. The number of benzene rings is 2. The Kier molecular flexibility index (Phi) is 2.56. The van der Waals surface area contributed by atoms with Crippen LogP contribution in [0, 0.1) is 13.8 Å². The van der Waals surface area contributed by atoms with Crippen LogP contribution in [0.3, 0.4) is 0 Å². The van der Waals surface area contributed by atoms with Gasteiger partial charge in [0.25, 0.3) is 0 Å². The molecule has 0 fully saturated rings. The van der Waals surface area contributed by atoms with Crippen molar-refractivity contribution in [3.8, 4) is 11.1 Å². The minimum absolute atomic E-state index is 0.0729. The Morgan fingerprint density at radius 1 is 1.05 bits per heavy atom. The number of carbonyl (C=O) groups excluding carboxylic acids is 1. The highest BCUT2D eigenvalue weighted by Crippen LogP contribution is 2.33. The number of nitrogens with two attached hydrogens (primary N) is 1. The number of anilines is 2. The zero-order chi connectivity index (χ0) is 13.6. The zero-order valence-corrected chi connectivity index (χ0v) is 11.1. The van der Waals surface area contributed by atoms with Crippen LogP contribution in [0.15, 0.2) is 30.3 Å². The summed E-state index contributed by atoms with van der Waals surface area (Å²) in [5.74, 6) is 0.0729. The summed E-state index contributed by atoms with van der Waals surface area (Å²) in [7, 11) is 0. The van der Waals surface area contributed by atoms with Gasteiger partial charge in [0.2, 0.25) is 5.91 Å². The molecule has 0 aliphatic carbocycles. The fourth-order valence-electron chi connectivity index (χ4n) is 2.56. The lowest BCUT2D eigenvalue weighted by atomic mass is 9.97. The molecular formula is C16H16N2O. The molecule has 0 radical (unpaired) electrons. The number of hydrogen-bond acceptors (Lipinski definition) is 2. The summed E-state index contributed by atoms with van der Waals surface area (Å²) in [4.78, 5) is 11.5. The van der Waals surface area contributed by atoms with E-state index in [0.717, 1.165) is 39.2 Å². The largest absolute Gasteiger partial charge is 0.399 e. The van der Waals surface area contributed by atoms with E-state index < -0.39 is 0 Å². The highest BCUT2D eigenvalue weighted by molar-refractivity contribution is 6.00. The average molecular weight is 252 g/mol. The number of carbonyl (C=O) groups is 1. The number of nitrogen functional groups attached to an aromatic ring is 1. The van der Waals surface area contributed by atoms with E-state index in [9.17, 15) is 4.79 Å². The van der Waals surface area contributed by atoms with E-state index in [1.54, 1.807) is 0 Å². The van der Waals surface area contributed by atoms with Crippen LogP contribution in [0.5, 0.6) is 0 Å². The third kappa shape index (κ3) is 1.97. The van der Waals surface area contributed by atoms with Crippen molar-refractivity contribution >= 4 is 17.3 Å². The molecule has 3 heteroatoms. The zero-order valence-electron chi connectivity index (χ0n) is 11.1. The lowest BCUT2D eigenvalue weighted by Crippen LogP contribution is -2.04. The molecule has 3 nitrogen and oxygen atoms in total. The summed E-state index contributed by atoms with van der Waals surface area (Å²) in [6, 6.07) is 10.2. The quantitative estimate of drug-likeness (QED) is 0.766. The lowest BCUT2D eigenvalue weighted by molar-refractivity contribution is -0.115. The Hall–Kier alpha value is -2.29. The Morgan fingerprint density at radius 3 is 2.53 bits per heavy atom. The van der Waals surface area contributed by atoms with Gasteiger partial charge >= 0.3 is 0 Å². The van der Waals surface area contributed by atoms with Crippen LogP contribution in [-0.4, -0.2) is 5.91 Å². The molecule has 2 aromatic rings. The molecule has 3 N–H and O–H groups in total. The standard InChI is InChI=1S/C16H16N2O/c1-9-5-11(3-4-14(9)17)12-6-10(2)16-13(7-12)8-15(19)18-16/h3-7H,8,17H2,1-2H3,(H,18,19). The van der Waals surface area contributed by atoms with Crippen LogP contribution in [0.2, 0.25) is 0 Å². The molecule has 1 aliphatic rings. The summed E-state index contributed by atoms with van der Waals surface area (Å²) < 4.78 is 0. The smallest absolute Gasteiger partial charge is 0.228 e. The van der Waals surface area contributed by atoms with E-state index >= 15 is 0 Å². The van der Waals surface area contributed by atoms with Crippen LogP contribution in [0.4, 0.5) is 11.4 Å². The first-order valence-corrected chi connectivity index (χ1v) is 6.34. The van der Waals surface area contributed by atoms with E-state index in [0.29, 0.717) is 6.42 Å². The molecule has 2 aromatic carbocycles. The Morgan fingerprint density at radius 2 is 1.79 bits per heavy atom. The van der Waals surface area contributed by atoms with Gasteiger partial charge in [-0.3, -0.25) is 4.79 Å². The first-order valence-electron chi connectivity index (χ1n) is 6.34. The van der Waals surface area contributed by atoms with Crippen molar-refractivity contribution < 1.29 is 4.79 Å². The van der Waals surface area contributed by atoms with Crippen molar-refractivity contribution in [1.82, 2.24) is 0 Å². The van der Waals surface area contributed by atoms with Crippen LogP contribution >= 0.6 is 0 Å². The predicted octanol–water partition coefficient (Wildman–Crippen LogP) is 3.05. The summed E-state index contributed by atoms with van der Waals surface area (Å²) in [5.41, 5.74) is 13.2. The molecule has 1 heterocycles. The second-order valence-electron chi connectivity index (χ2n) is 5.12. The Bertz CT molecular complexity index is 689. The summed E-state index contributed by atoms with van der Waals surface area (Å²) in [6.45, 7) is 4.03. The van der Waals surface area contributed by atoms with E-state index in [2.05, 4.69) is 23.5 Å². The molecule has 0 spiro atoms. The van der Waals surface area contributed by atoms with Gasteiger partial charge in [-0.05, 0) is 65.9 Å². The van der Waals surface area contributed by atoms with Crippen molar-refractivity contribution in [1.29, 1.82) is 0 Å². The molecule has 0 saturated heterocycles. The van der Waals surface area contributed by atoms with Gasteiger partial charge in [0, 0.05) is 11.4 Å². The molecule has 96 valence electrons. The maximum atomic E-state index is 11.5. The van der Waals surface area contributed by atoms with Crippen molar-refractivity contribution in [3.05, 3.63) is 47.0 Å². The first kappa shape index (κ1) is 11.8. The Labute approximate surface area is 112 Å². The number of nitrogens with one attached hydrogen (secondary N) is 1. The molecule has 19 heavy (non-hydrogen) atoms. The fraction of sp³-hybridized carbons (Fsp3) is 0.188. The number of rotatable bonds is 1. The normalized spacial score (nSPS) is 13.3. The highest BCUT2D eigenvalue weighted by Gasteiger charge is 2.20. The van der Waals surface area contributed by atoms with Crippen LogP contribution in [0.25, 0.3) is 11.1 Å². The lowest BCUT2D eigenvalue weighted by Gasteiger charge is -2.10. The molecular weight excluding hydrogens is 236 g/mol. The molecule has 1 amide bonds. The summed E-state index contributed by atoms with van der Waals surface area (Å²) in [6.07, 6.45) is 0.470. The predicted molar refractivity (Wildman–Crippen MR) is 78.1 cm³/mol. The van der Waals surface area contributed by atoms with Crippen LogP contribution in [0.1, 0.15) is 16.7 Å². The van der Waals surface area contributed by atoms with Gasteiger partial charge in [-0.1, -0.05) is 6.07 Å². The molecule has 0 atom stereocenters. The van der Waals surface area contributed by atoms with Crippen molar-refractivity contribution in [2.75, 3.05) is 11.1 Å². The molecule has 0 saturated carbocycles. The number of aryl methyl sites for hydroxylation is 2. The first-order chi connectivity index (χ1) is 9.04. The third-order valence-corrected chi connectivity index (χ3v) is 3.64. The minimum atomic E-state index is 0.0729. The average Bonchev–Trinajstić information content (AvgIpc) is 2.74. The summed E-state index contributed by atoms with van der Waals surface area (Å²) in [5, 5.41) is 2.91. The van der Waals surface area contributed by atoms with E-state index in [-0.39, 0.29) is 5.91 Å². The van der Waals surface area contributed by atoms with Crippen LogP contribution in [-0.2, 0) is 11.2 Å². The van der Waals surface area contributed by atoms with E-state index in [1.165, 1.54) is 0 Å². The van der Waals surface area contributed by atoms with Gasteiger partial charge in [0.05, 0.1) is 6.42 Å².